The molecule has 0 radical (unpaired) electrons. The maximum absolute atomic E-state index is 12.3. The van der Waals surface area contributed by atoms with E-state index in [9.17, 15) is 25.0 Å². The average Bonchev–Trinajstić information content (AvgIpc) is 2.78. The van der Waals surface area contributed by atoms with E-state index < -0.39 is 21.5 Å². The van der Waals surface area contributed by atoms with Gasteiger partial charge in [0.1, 0.15) is 0 Å². The number of non-ortho nitro benzene ring substituents is 1. The first kappa shape index (κ1) is 22.4. The Morgan fingerprint density at radius 2 is 1.62 bits per heavy atom. The number of benzene rings is 3. The van der Waals surface area contributed by atoms with Crippen molar-refractivity contribution in [1.29, 1.82) is 0 Å². The molecule has 0 aliphatic carbocycles. The van der Waals surface area contributed by atoms with Crippen LogP contribution in [0.3, 0.4) is 0 Å². The van der Waals surface area contributed by atoms with Gasteiger partial charge in [-0.15, -0.1) is 0 Å². The largest absolute Gasteiger partial charge is 0.493 e. The molecular formula is C22H15ClN2O7. The highest BCUT2D eigenvalue weighted by Crippen LogP contribution is 2.31. The zero-order valence-electron chi connectivity index (χ0n) is 16.6. The van der Waals surface area contributed by atoms with Gasteiger partial charge < -0.3 is 9.47 Å². The number of ether oxygens (including phenoxy) is 2. The standard InChI is InChI=1S/C22H15ClN2O7/c1-31-21-12-14(2-4-15-7-10-18(24(27)28)13-19(15)25(29)30)3-11-20(21)32-22(26)16-5-8-17(23)9-6-16/h2-13H,1H3. The first-order valence-corrected chi connectivity index (χ1v) is 9.43. The van der Waals surface area contributed by atoms with E-state index >= 15 is 0 Å². The Kier molecular flexibility index (Phi) is 6.81. The van der Waals surface area contributed by atoms with Crippen molar-refractivity contribution in [3.63, 3.8) is 0 Å². The molecule has 0 saturated carbocycles. The lowest BCUT2D eigenvalue weighted by Crippen LogP contribution is -2.09. The normalized spacial score (nSPS) is 10.7. The van der Waals surface area contributed by atoms with Crippen molar-refractivity contribution >= 4 is 41.1 Å². The number of hydrogen-bond donors (Lipinski definition) is 0. The van der Waals surface area contributed by atoms with Gasteiger partial charge in [0.25, 0.3) is 11.4 Å². The molecule has 0 N–H and O–H groups in total. The van der Waals surface area contributed by atoms with Gasteiger partial charge >= 0.3 is 5.97 Å². The first-order chi connectivity index (χ1) is 15.3. The lowest BCUT2D eigenvalue weighted by Gasteiger charge is -2.10. The van der Waals surface area contributed by atoms with E-state index in [0.29, 0.717) is 16.1 Å². The van der Waals surface area contributed by atoms with Crippen molar-refractivity contribution in [3.8, 4) is 11.5 Å². The van der Waals surface area contributed by atoms with Crippen molar-refractivity contribution in [3.05, 3.63) is 103 Å². The smallest absolute Gasteiger partial charge is 0.343 e. The van der Waals surface area contributed by atoms with E-state index in [4.69, 9.17) is 21.1 Å². The van der Waals surface area contributed by atoms with Crippen LogP contribution < -0.4 is 9.47 Å². The summed E-state index contributed by atoms with van der Waals surface area (Å²) in [5.74, 6) is -0.136. The number of carbonyl (C=O) groups is 1. The molecule has 162 valence electrons. The fourth-order valence-corrected chi connectivity index (χ4v) is 2.87. The molecule has 32 heavy (non-hydrogen) atoms. The van der Waals surface area contributed by atoms with Crippen molar-refractivity contribution in [2.45, 2.75) is 0 Å². The van der Waals surface area contributed by atoms with Crippen LogP contribution in [-0.4, -0.2) is 22.9 Å². The van der Waals surface area contributed by atoms with E-state index in [1.807, 2.05) is 0 Å². The van der Waals surface area contributed by atoms with Gasteiger partial charge in [0.15, 0.2) is 11.5 Å². The van der Waals surface area contributed by atoms with E-state index in [-0.39, 0.29) is 22.7 Å². The molecule has 0 saturated heterocycles. The van der Waals surface area contributed by atoms with Gasteiger partial charge in [-0.3, -0.25) is 20.2 Å². The highest BCUT2D eigenvalue weighted by Gasteiger charge is 2.18. The second kappa shape index (κ2) is 9.71. The van der Waals surface area contributed by atoms with Gasteiger partial charge in [0, 0.05) is 11.1 Å². The molecule has 0 unspecified atom stereocenters. The third-order valence-electron chi connectivity index (χ3n) is 4.35. The summed E-state index contributed by atoms with van der Waals surface area (Å²) < 4.78 is 10.7. The van der Waals surface area contributed by atoms with Crippen molar-refractivity contribution in [2.24, 2.45) is 0 Å². The molecule has 9 nitrogen and oxygen atoms in total. The Bertz CT molecular complexity index is 1220. The molecule has 0 atom stereocenters. The van der Waals surface area contributed by atoms with Gasteiger partial charge in [0.05, 0.1) is 34.1 Å². The molecule has 0 amide bonds. The third kappa shape index (κ3) is 5.27. The van der Waals surface area contributed by atoms with Gasteiger partial charge in [0.2, 0.25) is 0 Å². The van der Waals surface area contributed by atoms with Gasteiger partial charge in [-0.05, 0) is 54.1 Å². The Morgan fingerprint density at radius 3 is 2.25 bits per heavy atom. The topological polar surface area (TPSA) is 122 Å². The molecule has 10 heteroatoms. The van der Waals surface area contributed by atoms with Crippen LogP contribution in [0.5, 0.6) is 11.5 Å². The second-order valence-electron chi connectivity index (χ2n) is 6.40. The summed E-state index contributed by atoms with van der Waals surface area (Å²) in [4.78, 5) is 33.1. The Hall–Kier alpha value is -4.24. The van der Waals surface area contributed by atoms with Crippen LogP contribution in [0.25, 0.3) is 12.2 Å². The van der Waals surface area contributed by atoms with Crippen LogP contribution in [0.1, 0.15) is 21.5 Å². The molecular weight excluding hydrogens is 440 g/mol. The Morgan fingerprint density at radius 1 is 0.906 bits per heavy atom. The minimum absolute atomic E-state index is 0.186. The van der Waals surface area contributed by atoms with Crippen molar-refractivity contribution in [2.75, 3.05) is 7.11 Å². The summed E-state index contributed by atoms with van der Waals surface area (Å²) in [6, 6.07) is 14.3. The molecule has 0 aliphatic heterocycles. The predicted molar refractivity (Wildman–Crippen MR) is 118 cm³/mol. The van der Waals surface area contributed by atoms with Crippen LogP contribution in [0.4, 0.5) is 11.4 Å². The maximum Gasteiger partial charge on any atom is 0.343 e. The van der Waals surface area contributed by atoms with E-state index in [1.165, 1.54) is 43.5 Å². The lowest BCUT2D eigenvalue weighted by atomic mass is 10.1. The molecule has 3 rings (SSSR count). The second-order valence-corrected chi connectivity index (χ2v) is 6.83. The SMILES string of the molecule is COc1cc(C=Cc2ccc([N+](=O)[O-])cc2[N+](=O)[O-])ccc1OC(=O)c1ccc(Cl)cc1. The zero-order valence-corrected chi connectivity index (χ0v) is 17.3. The molecule has 3 aromatic rings. The highest BCUT2D eigenvalue weighted by molar-refractivity contribution is 6.30. The summed E-state index contributed by atoms with van der Waals surface area (Å²) in [5.41, 5.74) is 0.336. The number of carbonyl (C=O) groups excluding carboxylic acids is 1. The van der Waals surface area contributed by atoms with E-state index in [2.05, 4.69) is 0 Å². The molecule has 3 aromatic carbocycles. The number of hydrogen-bond acceptors (Lipinski definition) is 7. The molecule has 0 aromatic heterocycles. The summed E-state index contributed by atoms with van der Waals surface area (Å²) in [6.07, 6.45) is 3.03. The van der Waals surface area contributed by atoms with Gasteiger partial charge in [-0.2, -0.15) is 0 Å². The van der Waals surface area contributed by atoms with Gasteiger partial charge in [-0.25, -0.2) is 4.79 Å². The molecule has 0 heterocycles. The fraction of sp³-hybridized carbons (Fsp3) is 0.0455. The quantitative estimate of drug-likeness (QED) is 0.151. The highest BCUT2D eigenvalue weighted by atomic mass is 35.5. The van der Waals surface area contributed by atoms with Gasteiger partial charge in [-0.1, -0.05) is 23.7 Å². The maximum atomic E-state index is 12.3. The number of nitro groups is 2. The van der Waals surface area contributed by atoms with Crippen molar-refractivity contribution in [1.82, 2.24) is 0 Å². The number of halogens is 1. The molecule has 0 spiro atoms. The fourth-order valence-electron chi connectivity index (χ4n) is 2.75. The number of rotatable bonds is 7. The molecule has 0 fully saturated rings. The molecule has 0 aliphatic rings. The average molecular weight is 455 g/mol. The lowest BCUT2D eigenvalue weighted by molar-refractivity contribution is -0.394. The number of nitrogens with zero attached hydrogens (tertiary/aromatic N) is 2. The number of methoxy groups -OCH3 is 1. The minimum atomic E-state index is -0.699. The van der Waals surface area contributed by atoms with E-state index in [0.717, 1.165) is 6.07 Å². The van der Waals surface area contributed by atoms with Crippen LogP contribution in [-0.2, 0) is 0 Å². The summed E-state index contributed by atoms with van der Waals surface area (Å²) in [6.45, 7) is 0. The third-order valence-corrected chi connectivity index (χ3v) is 4.60. The van der Waals surface area contributed by atoms with Crippen LogP contribution in [0.15, 0.2) is 60.7 Å². The van der Waals surface area contributed by atoms with E-state index in [1.54, 1.807) is 30.3 Å². The number of esters is 1. The Balaban J connectivity index is 1.84. The predicted octanol–water partition coefficient (Wildman–Crippen LogP) is 5.55. The molecule has 0 bridgehead atoms. The summed E-state index contributed by atoms with van der Waals surface area (Å²) in [5, 5.41) is 22.6. The van der Waals surface area contributed by atoms with Crippen molar-refractivity contribution < 1.29 is 24.1 Å². The number of nitro benzene ring substituents is 2. The monoisotopic (exact) mass is 454 g/mol. The van der Waals surface area contributed by atoms with Crippen LogP contribution in [0, 0.1) is 20.2 Å². The first-order valence-electron chi connectivity index (χ1n) is 9.05. The van der Waals surface area contributed by atoms with Crippen LogP contribution >= 0.6 is 11.6 Å². The summed E-state index contributed by atoms with van der Waals surface area (Å²) in [7, 11) is 1.41. The Labute approximate surface area is 186 Å². The summed E-state index contributed by atoms with van der Waals surface area (Å²) >= 11 is 5.82. The van der Waals surface area contributed by atoms with Crippen LogP contribution in [0.2, 0.25) is 5.02 Å². The minimum Gasteiger partial charge on any atom is -0.493 e. The zero-order chi connectivity index (χ0) is 23.3.